The third kappa shape index (κ3) is 3.23. The summed E-state index contributed by atoms with van der Waals surface area (Å²) in [7, 11) is 3.15. The van der Waals surface area contributed by atoms with E-state index in [0.29, 0.717) is 35.7 Å². The lowest BCUT2D eigenvalue weighted by Gasteiger charge is -2.14. The van der Waals surface area contributed by atoms with Crippen LogP contribution in [0.25, 0.3) is 5.57 Å². The lowest BCUT2D eigenvalue weighted by atomic mass is 10.0. The number of hydrogen-bond acceptors (Lipinski definition) is 5. The van der Waals surface area contributed by atoms with E-state index < -0.39 is 0 Å². The van der Waals surface area contributed by atoms with E-state index in [4.69, 9.17) is 15.2 Å². The van der Waals surface area contributed by atoms with E-state index in [1.807, 2.05) is 37.3 Å². The molecule has 6 nitrogen and oxygen atoms in total. The number of rotatable bonds is 6. The number of methoxy groups -OCH3 is 2. The largest absolute Gasteiger partial charge is 0.493 e. The Hall–Kier alpha value is -2.99. The summed E-state index contributed by atoms with van der Waals surface area (Å²) in [6.45, 7) is 2.51. The van der Waals surface area contributed by atoms with Gasteiger partial charge in [0.2, 0.25) is 0 Å². The Labute approximate surface area is 153 Å². The molecule has 136 valence electrons. The summed E-state index contributed by atoms with van der Waals surface area (Å²) < 4.78 is 10.7. The molecule has 26 heavy (non-hydrogen) atoms. The maximum absolute atomic E-state index is 12.6. The zero-order chi connectivity index (χ0) is 18.7. The fourth-order valence-corrected chi connectivity index (χ4v) is 3.02. The molecule has 0 fully saturated rings. The summed E-state index contributed by atoms with van der Waals surface area (Å²) in [5.41, 5.74) is 10.6. The Bertz CT molecular complexity index is 857. The average molecular weight is 353 g/mol. The van der Waals surface area contributed by atoms with E-state index in [0.717, 1.165) is 22.5 Å². The van der Waals surface area contributed by atoms with Crippen molar-refractivity contribution in [3.63, 3.8) is 0 Å². The van der Waals surface area contributed by atoms with Gasteiger partial charge in [-0.05, 0) is 30.2 Å². The number of carbonyl (C=O) groups excluding carboxylic acids is 1. The highest BCUT2D eigenvalue weighted by molar-refractivity contribution is 6.32. The predicted octanol–water partition coefficient (Wildman–Crippen LogP) is 3.35. The highest BCUT2D eigenvalue weighted by atomic mass is 16.5. The van der Waals surface area contributed by atoms with Gasteiger partial charge in [0.25, 0.3) is 5.91 Å². The summed E-state index contributed by atoms with van der Waals surface area (Å²) in [5, 5.41) is 6.27. The Balaban J connectivity index is 2.03. The maximum atomic E-state index is 12.6. The average Bonchev–Trinajstić information content (AvgIpc) is 3.00. The number of anilines is 2. The van der Waals surface area contributed by atoms with E-state index in [-0.39, 0.29) is 5.91 Å². The van der Waals surface area contributed by atoms with Crippen LogP contribution in [0, 0.1) is 0 Å². The minimum atomic E-state index is -0.141. The van der Waals surface area contributed by atoms with Gasteiger partial charge in [-0.15, -0.1) is 0 Å². The van der Waals surface area contributed by atoms with Gasteiger partial charge >= 0.3 is 0 Å². The number of carbonyl (C=O) groups is 1. The number of hydrogen-bond donors (Lipinski definition) is 3. The van der Waals surface area contributed by atoms with Crippen LogP contribution < -0.4 is 25.8 Å². The fourth-order valence-electron chi connectivity index (χ4n) is 3.02. The zero-order valence-electron chi connectivity index (χ0n) is 15.2. The summed E-state index contributed by atoms with van der Waals surface area (Å²) in [6.07, 6.45) is 0.676. The lowest BCUT2D eigenvalue weighted by molar-refractivity contribution is -0.110. The first kappa shape index (κ1) is 17.8. The summed E-state index contributed by atoms with van der Waals surface area (Å²) >= 11 is 0. The monoisotopic (exact) mass is 353 g/mol. The summed E-state index contributed by atoms with van der Waals surface area (Å²) in [4.78, 5) is 12.6. The molecule has 0 aromatic heterocycles. The van der Waals surface area contributed by atoms with Crippen molar-refractivity contribution in [3.8, 4) is 11.5 Å². The van der Waals surface area contributed by atoms with Crippen molar-refractivity contribution in [3.05, 3.63) is 53.2 Å². The predicted molar refractivity (Wildman–Crippen MR) is 103 cm³/mol. The minimum absolute atomic E-state index is 0.141. The van der Waals surface area contributed by atoms with Crippen LogP contribution in [-0.2, 0) is 11.3 Å². The number of allylic oxidation sites excluding steroid dienone is 1. The molecule has 6 heteroatoms. The van der Waals surface area contributed by atoms with Gasteiger partial charge in [-0.2, -0.15) is 0 Å². The first-order valence-corrected chi connectivity index (χ1v) is 8.48. The second kappa shape index (κ2) is 7.49. The van der Waals surface area contributed by atoms with Crippen molar-refractivity contribution in [1.29, 1.82) is 0 Å². The van der Waals surface area contributed by atoms with Crippen LogP contribution >= 0.6 is 0 Å². The van der Waals surface area contributed by atoms with Gasteiger partial charge in [0.15, 0.2) is 11.5 Å². The molecule has 1 amide bonds. The first-order valence-electron chi connectivity index (χ1n) is 8.48. The third-order valence-corrected chi connectivity index (χ3v) is 4.41. The lowest BCUT2D eigenvalue weighted by Crippen LogP contribution is -2.10. The van der Waals surface area contributed by atoms with E-state index in [2.05, 4.69) is 10.6 Å². The highest BCUT2D eigenvalue weighted by Crippen LogP contribution is 2.42. The van der Waals surface area contributed by atoms with Crippen molar-refractivity contribution in [2.24, 2.45) is 5.73 Å². The number of nitrogens with two attached hydrogens (primary N) is 1. The van der Waals surface area contributed by atoms with E-state index in [1.54, 1.807) is 20.3 Å². The van der Waals surface area contributed by atoms with E-state index >= 15 is 0 Å². The SMILES string of the molecule is CCC(Nc1ccc(CN)cc1)=C1C(=O)Nc2cc(OC)c(OC)cc21. The highest BCUT2D eigenvalue weighted by Gasteiger charge is 2.29. The van der Waals surface area contributed by atoms with Gasteiger partial charge in [0.1, 0.15) is 0 Å². The minimum Gasteiger partial charge on any atom is -0.493 e. The van der Waals surface area contributed by atoms with Gasteiger partial charge in [0, 0.05) is 29.6 Å². The topological polar surface area (TPSA) is 85.6 Å². The van der Waals surface area contributed by atoms with Crippen LogP contribution in [0.3, 0.4) is 0 Å². The molecule has 0 unspecified atom stereocenters. The number of benzene rings is 2. The molecular formula is C20H23N3O3. The molecular weight excluding hydrogens is 330 g/mol. The standard InChI is InChI=1S/C20H23N3O3/c1-4-15(22-13-7-5-12(11-21)6-8-13)19-14-9-17(25-2)18(26-3)10-16(14)23-20(19)24/h5-10,22H,4,11,21H2,1-3H3,(H,23,24). The second-order valence-corrected chi connectivity index (χ2v) is 5.94. The normalized spacial score (nSPS) is 14.5. The molecule has 1 aliphatic rings. The summed E-state index contributed by atoms with van der Waals surface area (Å²) in [5.74, 6) is 1.03. The van der Waals surface area contributed by atoms with Gasteiger partial charge < -0.3 is 25.8 Å². The van der Waals surface area contributed by atoms with Gasteiger partial charge in [-0.1, -0.05) is 19.1 Å². The number of amides is 1. The molecule has 0 spiro atoms. The molecule has 0 saturated carbocycles. The van der Waals surface area contributed by atoms with Crippen LogP contribution in [-0.4, -0.2) is 20.1 Å². The van der Waals surface area contributed by atoms with Crippen LogP contribution in [0.5, 0.6) is 11.5 Å². The molecule has 0 bridgehead atoms. The molecule has 1 heterocycles. The number of nitrogens with one attached hydrogen (secondary N) is 2. The first-order chi connectivity index (χ1) is 12.6. The van der Waals surface area contributed by atoms with Gasteiger partial charge in [-0.3, -0.25) is 4.79 Å². The van der Waals surface area contributed by atoms with Gasteiger partial charge in [-0.25, -0.2) is 0 Å². The third-order valence-electron chi connectivity index (χ3n) is 4.41. The van der Waals surface area contributed by atoms with Crippen molar-refractivity contribution in [2.75, 3.05) is 24.9 Å². The molecule has 0 saturated heterocycles. The zero-order valence-corrected chi connectivity index (χ0v) is 15.2. The molecule has 2 aromatic rings. The van der Waals surface area contributed by atoms with E-state index in [9.17, 15) is 4.79 Å². The van der Waals surface area contributed by atoms with Crippen molar-refractivity contribution < 1.29 is 14.3 Å². The fraction of sp³-hybridized carbons (Fsp3) is 0.250. The van der Waals surface area contributed by atoms with Crippen molar-refractivity contribution >= 4 is 22.9 Å². The summed E-state index contributed by atoms with van der Waals surface area (Å²) in [6, 6.07) is 11.5. The smallest absolute Gasteiger partial charge is 0.258 e. The molecule has 0 aliphatic carbocycles. The van der Waals surface area contributed by atoms with Gasteiger partial charge in [0.05, 0.1) is 25.5 Å². The van der Waals surface area contributed by atoms with Crippen LogP contribution in [0.4, 0.5) is 11.4 Å². The Morgan fingerprint density at radius 2 is 1.77 bits per heavy atom. The number of fused-ring (bicyclic) bond motifs is 1. The Kier molecular flexibility index (Phi) is 5.14. The molecule has 3 rings (SSSR count). The molecule has 4 N–H and O–H groups in total. The maximum Gasteiger partial charge on any atom is 0.258 e. The molecule has 2 aromatic carbocycles. The number of ether oxygens (including phenoxy) is 2. The van der Waals surface area contributed by atoms with E-state index in [1.165, 1.54) is 0 Å². The molecule has 0 radical (unpaired) electrons. The van der Waals surface area contributed by atoms with Crippen LogP contribution in [0.2, 0.25) is 0 Å². The van der Waals surface area contributed by atoms with Crippen LogP contribution in [0.1, 0.15) is 24.5 Å². The van der Waals surface area contributed by atoms with Crippen molar-refractivity contribution in [1.82, 2.24) is 0 Å². The molecule has 0 atom stereocenters. The quantitative estimate of drug-likeness (QED) is 0.694. The Morgan fingerprint density at radius 1 is 1.12 bits per heavy atom. The van der Waals surface area contributed by atoms with Crippen molar-refractivity contribution in [2.45, 2.75) is 19.9 Å². The second-order valence-electron chi connectivity index (χ2n) is 5.94. The van der Waals surface area contributed by atoms with Crippen LogP contribution in [0.15, 0.2) is 42.1 Å². The Morgan fingerprint density at radius 3 is 2.35 bits per heavy atom. The molecule has 1 aliphatic heterocycles.